The average molecular weight is 255 g/mol. The van der Waals surface area contributed by atoms with E-state index in [0.29, 0.717) is 0 Å². The van der Waals surface area contributed by atoms with Crippen LogP contribution in [-0.4, -0.2) is 14.8 Å². The Bertz CT molecular complexity index is 543. The average Bonchev–Trinajstić information content (AvgIpc) is 2.76. The Kier molecular flexibility index (Phi) is 3.11. The first-order chi connectivity index (χ1) is 8.41. The summed E-state index contributed by atoms with van der Waals surface area (Å²) < 4.78 is 40.4. The van der Waals surface area contributed by atoms with Crippen molar-refractivity contribution in [2.24, 2.45) is 0 Å². The lowest BCUT2D eigenvalue weighted by atomic mass is 10.1. The largest absolute Gasteiger partial charge is 0.417 e. The molecule has 0 fully saturated rings. The molecule has 0 aliphatic rings. The molecule has 1 aromatic carbocycles. The fourth-order valence-electron chi connectivity index (χ4n) is 1.74. The lowest BCUT2D eigenvalue weighted by molar-refractivity contribution is -0.137. The van der Waals surface area contributed by atoms with E-state index in [1.54, 1.807) is 10.6 Å². The quantitative estimate of drug-likeness (QED) is 0.821. The van der Waals surface area contributed by atoms with E-state index in [9.17, 15) is 13.2 Å². The van der Waals surface area contributed by atoms with Gasteiger partial charge in [-0.15, -0.1) is 10.2 Å². The van der Waals surface area contributed by atoms with E-state index in [1.807, 2.05) is 13.8 Å². The van der Waals surface area contributed by atoms with Crippen molar-refractivity contribution in [2.75, 3.05) is 0 Å². The summed E-state index contributed by atoms with van der Waals surface area (Å²) >= 11 is 0. The molecule has 6 heteroatoms. The minimum atomic E-state index is -4.40. The van der Waals surface area contributed by atoms with E-state index in [2.05, 4.69) is 10.2 Å². The zero-order valence-corrected chi connectivity index (χ0v) is 9.94. The molecule has 1 heterocycles. The predicted octanol–water partition coefficient (Wildman–Crippen LogP) is 3.54. The van der Waals surface area contributed by atoms with Gasteiger partial charge in [-0.2, -0.15) is 13.2 Å². The summed E-state index contributed by atoms with van der Waals surface area (Å²) in [6.45, 7) is 3.73. The van der Waals surface area contributed by atoms with E-state index >= 15 is 0 Å². The van der Waals surface area contributed by atoms with Crippen LogP contribution in [0.1, 0.15) is 25.5 Å². The van der Waals surface area contributed by atoms with Gasteiger partial charge in [-0.3, -0.25) is 0 Å². The Hall–Kier alpha value is -1.85. The maximum Gasteiger partial charge on any atom is 0.417 e. The fraction of sp³-hybridized carbons (Fsp3) is 0.333. The second kappa shape index (κ2) is 4.44. The first kappa shape index (κ1) is 12.6. The van der Waals surface area contributed by atoms with E-state index in [1.165, 1.54) is 18.5 Å². The van der Waals surface area contributed by atoms with Gasteiger partial charge in [-0.05, 0) is 19.9 Å². The van der Waals surface area contributed by atoms with Gasteiger partial charge >= 0.3 is 6.18 Å². The number of rotatable bonds is 2. The van der Waals surface area contributed by atoms with Crippen LogP contribution in [0.2, 0.25) is 0 Å². The third-order valence-electron chi connectivity index (χ3n) is 2.60. The number of nitrogens with zero attached hydrogens (tertiary/aromatic N) is 3. The number of alkyl halides is 3. The molecule has 96 valence electrons. The molecule has 1 aromatic heterocycles. The number of benzene rings is 1. The minimum Gasteiger partial charge on any atom is -0.311 e. The normalized spacial score (nSPS) is 12.1. The topological polar surface area (TPSA) is 30.7 Å². The van der Waals surface area contributed by atoms with Crippen molar-refractivity contribution in [3.05, 3.63) is 36.2 Å². The van der Waals surface area contributed by atoms with Crippen molar-refractivity contribution in [1.82, 2.24) is 14.8 Å². The molecule has 0 saturated carbocycles. The molecule has 3 nitrogen and oxygen atoms in total. The van der Waals surface area contributed by atoms with Crippen LogP contribution in [-0.2, 0) is 6.18 Å². The molecule has 0 spiro atoms. The Morgan fingerprint density at radius 2 is 1.83 bits per heavy atom. The minimum absolute atomic E-state index is 0.00344. The van der Waals surface area contributed by atoms with Crippen molar-refractivity contribution < 1.29 is 13.2 Å². The van der Waals surface area contributed by atoms with Gasteiger partial charge < -0.3 is 4.57 Å². The third-order valence-corrected chi connectivity index (χ3v) is 2.60. The highest BCUT2D eigenvalue weighted by atomic mass is 19.4. The Balaban J connectivity index is 2.61. The zero-order valence-electron chi connectivity index (χ0n) is 9.94. The summed E-state index contributed by atoms with van der Waals surface area (Å²) in [4.78, 5) is 0. The predicted molar refractivity (Wildman–Crippen MR) is 60.8 cm³/mol. The number of hydrogen-bond donors (Lipinski definition) is 0. The first-order valence-electron chi connectivity index (χ1n) is 5.47. The molecule has 0 unspecified atom stereocenters. The molecule has 0 amide bonds. The fourth-order valence-corrected chi connectivity index (χ4v) is 1.74. The van der Waals surface area contributed by atoms with Gasteiger partial charge in [0, 0.05) is 11.6 Å². The highest BCUT2D eigenvalue weighted by Gasteiger charge is 2.34. The van der Waals surface area contributed by atoms with Gasteiger partial charge in [0.05, 0.1) is 5.56 Å². The zero-order chi connectivity index (χ0) is 13.3. The van der Waals surface area contributed by atoms with Crippen LogP contribution in [0.3, 0.4) is 0 Å². The van der Waals surface area contributed by atoms with E-state index in [-0.39, 0.29) is 17.4 Å². The molecular formula is C12H12F3N3. The lowest BCUT2D eigenvalue weighted by Crippen LogP contribution is -2.10. The van der Waals surface area contributed by atoms with Gasteiger partial charge in [0.1, 0.15) is 6.33 Å². The number of aromatic nitrogens is 3. The summed E-state index contributed by atoms with van der Waals surface area (Å²) in [6.07, 6.45) is -2.96. The Morgan fingerprint density at radius 3 is 2.44 bits per heavy atom. The SMILES string of the molecule is CC(C)n1cnnc1-c1ccccc1C(F)(F)F. The molecule has 2 aromatic rings. The van der Waals surface area contributed by atoms with E-state index in [4.69, 9.17) is 0 Å². The van der Waals surface area contributed by atoms with Crippen molar-refractivity contribution in [2.45, 2.75) is 26.1 Å². The van der Waals surface area contributed by atoms with Crippen molar-refractivity contribution in [3.8, 4) is 11.4 Å². The van der Waals surface area contributed by atoms with Gasteiger partial charge in [-0.1, -0.05) is 18.2 Å². The summed E-state index contributed by atoms with van der Waals surface area (Å²) in [7, 11) is 0. The van der Waals surface area contributed by atoms with Gasteiger partial charge in [0.2, 0.25) is 0 Å². The summed E-state index contributed by atoms with van der Waals surface area (Å²) in [5.41, 5.74) is -0.642. The van der Waals surface area contributed by atoms with Crippen LogP contribution in [0.5, 0.6) is 0 Å². The smallest absolute Gasteiger partial charge is 0.311 e. The first-order valence-corrected chi connectivity index (χ1v) is 5.47. The standard InChI is InChI=1S/C12H12F3N3/c1-8(2)18-7-16-17-11(18)9-5-3-4-6-10(9)12(13,14)15/h3-8H,1-2H3. The lowest BCUT2D eigenvalue weighted by Gasteiger charge is -2.14. The highest BCUT2D eigenvalue weighted by Crippen LogP contribution is 2.36. The Morgan fingerprint density at radius 1 is 1.17 bits per heavy atom. The summed E-state index contributed by atoms with van der Waals surface area (Å²) in [5.74, 6) is 0.234. The van der Waals surface area contributed by atoms with Crippen LogP contribution in [0.25, 0.3) is 11.4 Å². The number of hydrogen-bond acceptors (Lipinski definition) is 2. The van der Waals surface area contributed by atoms with E-state index < -0.39 is 11.7 Å². The molecule has 0 atom stereocenters. The monoisotopic (exact) mass is 255 g/mol. The molecule has 0 bridgehead atoms. The molecule has 0 aliphatic carbocycles. The highest BCUT2D eigenvalue weighted by molar-refractivity contribution is 5.61. The molecule has 0 saturated heterocycles. The van der Waals surface area contributed by atoms with Gasteiger partial charge in [0.25, 0.3) is 0 Å². The second-order valence-corrected chi connectivity index (χ2v) is 4.20. The summed E-state index contributed by atoms with van der Waals surface area (Å²) in [5, 5.41) is 7.48. The third kappa shape index (κ3) is 2.23. The van der Waals surface area contributed by atoms with Gasteiger partial charge in [0.15, 0.2) is 5.82 Å². The molecule has 0 N–H and O–H groups in total. The van der Waals surface area contributed by atoms with Crippen molar-refractivity contribution >= 4 is 0 Å². The number of halogens is 3. The summed E-state index contributed by atoms with van der Waals surface area (Å²) in [6, 6.07) is 5.38. The van der Waals surface area contributed by atoms with Crippen molar-refractivity contribution in [3.63, 3.8) is 0 Å². The van der Waals surface area contributed by atoms with E-state index in [0.717, 1.165) is 6.07 Å². The maximum atomic E-state index is 12.9. The molecule has 18 heavy (non-hydrogen) atoms. The van der Waals surface area contributed by atoms with Crippen LogP contribution < -0.4 is 0 Å². The van der Waals surface area contributed by atoms with Crippen LogP contribution in [0.4, 0.5) is 13.2 Å². The molecular weight excluding hydrogens is 243 g/mol. The van der Waals surface area contributed by atoms with Crippen LogP contribution in [0, 0.1) is 0 Å². The maximum absolute atomic E-state index is 12.9. The molecule has 0 aliphatic heterocycles. The van der Waals surface area contributed by atoms with Crippen LogP contribution >= 0.6 is 0 Å². The van der Waals surface area contributed by atoms with Gasteiger partial charge in [-0.25, -0.2) is 0 Å². The van der Waals surface area contributed by atoms with Crippen molar-refractivity contribution in [1.29, 1.82) is 0 Å². The Labute approximate surface area is 102 Å². The molecule has 2 rings (SSSR count). The molecule has 0 radical (unpaired) electrons. The second-order valence-electron chi connectivity index (χ2n) is 4.20. The van der Waals surface area contributed by atoms with Crippen LogP contribution in [0.15, 0.2) is 30.6 Å².